The standard InChI is InChI=1S/C23H32F2N4O3/c1-12(2)29-18(16-6-14-5-13(16)7-19(14)31-11-23(3,4)30)9-17(28-29)15-8-20(32-22(24)25)21(26)27-10-15/h8-10,12-14,16,19,22,30H,5-7,11H2,1-4H3,(H2,26,27)/t13-,14?,16?,19-/m1/s1. The second-order valence-corrected chi connectivity index (χ2v) is 9.97. The van der Waals surface area contributed by atoms with Crippen LogP contribution < -0.4 is 10.5 Å². The Balaban J connectivity index is 1.56. The average molecular weight is 451 g/mol. The molecule has 2 aliphatic carbocycles. The van der Waals surface area contributed by atoms with Gasteiger partial charge in [-0.3, -0.25) is 4.68 Å². The minimum atomic E-state index is -2.97. The number of nitrogens with two attached hydrogens (primary N) is 1. The van der Waals surface area contributed by atoms with Gasteiger partial charge in [0.2, 0.25) is 0 Å². The summed E-state index contributed by atoms with van der Waals surface area (Å²) in [5.74, 6) is 1.10. The van der Waals surface area contributed by atoms with Gasteiger partial charge in [0, 0.05) is 29.4 Å². The molecule has 0 radical (unpaired) electrons. The largest absolute Gasteiger partial charge is 0.431 e. The molecular weight excluding hydrogens is 418 g/mol. The maximum absolute atomic E-state index is 12.7. The summed E-state index contributed by atoms with van der Waals surface area (Å²) in [6.45, 7) is 5.04. The van der Waals surface area contributed by atoms with E-state index in [-0.39, 0.29) is 23.7 Å². The number of nitrogens with zero attached hydrogens (tertiary/aromatic N) is 3. The van der Waals surface area contributed by atoms with Crippen LogP contribution in [0, 0.1) is 11.8 Å². The van der Waals surface area contributed by atoms with Crippen LogP contribution in [0.5, 0.6) is 5.75 Å². The van der Waals surface area contributed by atoms with Crippen LogP contribution in [0.3, 0.4) is 0 Å². The third kappa shape index (κ3) is 4.73. The number of aliphatic hydroxyl groups is 1. The number of halogens is 2. The van der Waals surface area contributed by atoms with Gasteiger partial charge in [-0.05, 0) is 70.9 Å². The summed E-state index contributed by atoms with van der Waals surface area (Å²) in [7, 11) is 0. The summed E-state index contributed by atoms with van der Waals surface area (Å²) in [5.41, 5.74) is 7.26. The highest BCUT2D eigenvalue weighted by atomic mass is 19.3. The number of ether oxygens (including phenoxy) is 2. The molecule has 0 amide bonds. The first kappa shape index (κ1) is 22.9. The molecule has 0 aliphatic heterocycles. The highest BCUT2D eigenvalue weighted by molar-refractivity contribution is 5.64. The molecule has 2 fully saturated rings. The molecule has 3 N–H and O–H groups in total. The van der Waals surface area contributed by atoms with Crippen LogP contribution in [0.25, 0.3) is 11.3 Å². The van der Waals surface area contributed by atoms with E-state index in [9.17, 15) is 13.9 Å². The van der Waals surface area contributed by atoms with E-state index in [1.165, 1.54) is 12.3 Å². The summed E-state index contributed by atoms with van der Waals surface area (Å²) in [6, 6.07) is 3.66. The lowest BCUT2D eigenvalue weighted by Gasteiger charge is -2.30. The summed E-state index contributed by atoms with van der Waals surface area (Å²) in [4.78, 5) is 4.01. The van der Waals surface area contributed by atoms with Crippen LogP contribution in [-0.4, -0.2) is 44.8 Å². The number of alkyl halides is 2. The average Bonchev–Trinajstić information content (AvgIpc) is 3.40. The van der Waals surface area contributed by atoms with Crippen molar-refractivity contribution in [3.8, 4) is 17.0 Å². The summed E-state index contributed by atoms with van der Waals surface area (Å²) in [5, 5.41) is 14.7. The van der Waals surface area contributed by atoms with Crippen molar-refractivity contribution in [3.63, 3.8) is 0 Å². The van der Waals surface area contributed by atoms with Crippen LogP contribution in [0.1, 0.15) is 64.6 Å². The molecule has 32 heavy (non-hydrogen) atoms. The summed E-state index contributed by atoms with van der Waals surface area (Å²) >= 11 is 0. The normalized spacial score (nSPS) is 25.3. The van der Waals surface area contributed by atoms with Crippen molar-refractivity contribution in [2.24, 2.45) is 11.8 Å². The van der Waals surface area contributed by atoms with Gasteiger partial charge in [0.05, 0.1) is 24.0 Å². The van der Waals surface area contributed by atoms with E-state index in [1.807, 2.05) is 10.7 Å². The number of nitrogen functional groups attached to an aromatic ring is 1. The quantitative estimate of drug-likeness (QED) is 0.620. The topological polar surface area (TPSA) is 95.4 Å². The van der Waals surface area contributed by atoms with E-state index >= 15 is 0 Å². The van der Waals surface area contributed by atoms with Gasteiger partial charge in [0.1, 0.15) is 0 Å². The lowest BCUT2D eigenvalue weighted by molar-refractivity contribution is -0.0695. The summed E-state index contributed by atoms with van der Waals surface area (Å²) in [6.07, 6.45) is 4.81. The molecule has 2 unspecified atom stereocenters. The van der Waals surface area contributed by atoms with Crippen molar-refractivity contribution in [1.82, 2.24) is 14.8 Å². The van der Waals surface area contributed by atoms with Crippen LogP contribution in [0.15, 0.2) is 18.3 Å². The Morgan fingerprint density at radius 1 is 1.22 bits per heavy atom. The number of hydrogen-bond donors (Lipinski definition) is 2. The Kier molecular flexibility index (Phi) is 6.15. The van der Waals surface area contributed by atoms with Crippen molar-refractivity contribution < 1.29 is 23.4 Å². The lowest BCUT2D eigenvalue weighted by atomic mass is 9.84. The van der Waals surface area contributed by atoms with Crippen LogP contribution in [0.4, 0.5) is 14.6 Å². The minimum absolute atomic E-state index is 0.0808. The molecule has 0 saturated heterocycles. The fourth-order valence-corrected chi connectivity index (χ4v) is 5.13. The van der Waals surface area contributed by atoms with E-state index in [4.69, 9.17) is 15.6 Å². The van der Waals surface area contributed by atoms with E-state index < -0.39 is 12.2 Å². The summed E-state index contributed by atoms with van der Waals surface area (Å²) < 4.78 is 38.0. The van der Waals surface area contributed by atoms with Crippen molar-refractivity contribution in [1.29, 1.82) is 0 Å². The molecule has 0 spiro atoms. The highest BCUT2D eigenvalue weighted by Crippen LogP contribution is 2.54. The fourth-order valence-electron chi connectivity index (χ4n) is 5.13. The number of aromatic nitrogens is 3. The van der Waals surface area contributed by atoms with Crippen LogP contribution >= 0.6 is 0 Å². The van der Waals surface area contributed by atoms with Gasteiger partial charge in [-0.1, -0.05) is 0 Å². The maximum atomic E-state index is 12.7. The van der Waals surface area contributed by atoms with Crippen molar-refractivity contribution >= 4 is 5.82 Å². The smallest absolute Gasteiger partial charge is 0.387 e. The minimum Gasteiger partial charge on any atom is -0.431 e. The van der Waals surface area contributed by atoms with Gasteiger partial charge >= 0.3 is 6.61 Å². The van der Waals surface area contributed by atoms with Gasteiger partial charge < -0.3 is 20.3 Å². The van der Waals surface area contributed by atoms with Gasteiger partial charge in [0.25, 0.3) is 0 Å². The molecule has 2 aromatic heterocycles. The Morgan fingerprint density at radius 3 is 2.56 bits per heavy atom. The third-order valence-corrected chi connectivity index (χ3v) is 6.47. The van der Waals surface area contributed by atoms with Gasteiger partial charge in [-0.25, -0.2) is 4.98 Å². The first-order chi connectivity index (χ1) is 15.0. The zero-order valence-electron chi connectivity index (χ0n) is 19.0. The molecule has 2 aromatic rings. The number of hydrogen-bond acceptors (Lipinski definition) is 6. The van der Waals surface area contributed by atoms with Crippen LogP contribution in [-0.2, 0) is 4.74 Å². The Morgan fingerprint density at radius 2 is 1.97 bits per heavy atom. The molecule has 2 saturated carbocycles. The number of anilines is 1. The van der Waals surface area contributed by atoms with Gasteiger partial charge in [-0.2, -0.15) is 13.9 Å². The fraction of sp³-hybridized carbons (Fsp3) is 0.652. The molecule has 4 rings (SSSR count). The molecule has 9 heteroatoms. The monoisotopic (exact) mass is 450 g/mol. The molecule has 0 aromatic carbocycles. The third-order valence-electron chi connectivity index (χ3n) is 6.47. The number of pyridine rings is 1. The molecule has 4 atom stereocenters. The highest BCUT2D eigenvalue weighted by Gasteiger charge is 2.48. The SMILES string of the molecule is CC(C)n1nc(-c2cnc(N)c(OC(F)F)c2)cc1C1CC2C[C@@H]1C[C@H]2OCC(C)(C)O. The Hall–Kier alpha value is -2.26. The van der Waals surface area contributed by atoms with E-state index in [2.05, 4.69) is 23.6 Å². The molecule has 7 nitrogen and oxygen atoms in total. The number of fused-ring (bicyclic) bond motifs is 2. The van der Waals surface area contributed by atoms with E-state index in [0.717, 1.165) is 25.0 Å². The predicted molar refractivity (Wildman–Crippen MR) is 116 cm³/mol. The molecular formula is C23H32F2N4O3. The van der Waals surface area contributed by atoms with Crippen molar-refractivity contribution in [2.45, 2.75) is 77.2 Å². The molecule has 2 aliphatic rings. The van der Waals surface area contributed by atoms with E-state index in [0.29, 0.717) is 35.6 Å². The molecule has 2 heterocycles. The second kappa shape index (κ2) is 8.59. The van der Waals surface area contributed by atoms with Crippen molar-refractivity contribution in [3.05, 3.63) is 24.0 Å². The zero-order valence-corrected chi connectivity index (χ0v) is 19.0. The molecule has 2 bridgehead atoms. The first-order valence-electron chi connectivity index (χ1n) is 11.2. The van der Waals surface area contributed by atoms with Gasteiger partial charge in [-0.15, -0.1) is 0 Å². The maximum Gasteiger partial charge on any atom is 0.387 e. The Labute approximate surface area is 186 Å². The van der Waals surface area contributed by atoms with Gasteiger partial charge in [0.15, 0.2) is 11.6 Å². The second-order valence-electron chi connectivity index (χ2n) is 9.97. The Bertz CT molecular complexity index is 957. The molecule has 176 valence electrons. The first-order valence-corrected chi connectivity index (χ1v) is 11.2. The predicted octanol–water partition coefficient (Wildman–Crippen LogP) is 4.38. The lowest BCUT2D eigenvalue weighted by Crippen LogP contribution is -2.32. The zero-order chi connectivity index (χ0) is 23.2. The van der Waals surface area contributed by atoms with E-state index in [1.54, 1.807) is 13.8 Å². The van der Waals surface area contributed by atoms with Crippen LogP contribution in [0.2, 0.25) is 0 Å². The van der Waals surface area contributed by atoms with Crippen molar-refractivity contribution in [2.75, 3.05) is 12.3 Å². The number of rotatable bonds is 8.